The zero-order valence-electron chi connectivity index (χ0n) is 5.84. The van der Waals surface area contributed by atoms with Crippen LogP contribution in [0.3, 0.4) is 0 Å². The summed E-state index contributed by atoms with van der Waals surface area (Å²) < 4.78 is 73.9. The molecule has 1 rings (SSSR count). The van der Waals surface area contributed by atoms with Gasteiger partial charge in [-0.25, -0.2) is 13.2 Å². The molecule has 1 aliphatic heterocycles. The third-order valence-electron chi connectivity index (χ3n) is 1.90. The highest BCUT2D eigenvalue weighted by Gasteiger charge is 2.72. The molecule has 1 aliphatic rings. The molecule has 12 heavy (non-hydrogen) atoms. The van der Waals surface area contributed by atoms with E-state index in [1.165, 1.54) is 0 Å². The summed E-state index contributed by atoms with van der Waals surface area (Å²) in [6.45, 7) is 0. The van der Waals surface area contributed by atoms with E-state index in [4.69, 9.17) is 0 Å². The molecule has 0 aromatic rings. The van der Waals surface area contributed by atoms with Gasteiger partial charge >= 0.3 is 20.5 Å². The summed E-state index contributed by atoms with van der Waals surface area (Å²) in [6.07, 6.45) is -3.71. The van der Waals surface area contributed by atoms with Crippen LogP contribution in [0.5, 0.6) is 0 Å². The fourth-order valence-electron chi connectivity index (χ4n) is 1.07. The molecule has 1 fully saturated rings. The molecule has 70 valence electrons. The van der Waals surface area contributed by atoms with E-state index >= 15 is 0 Å². The van der Waals surface area contributed by atoms with Gasteiger partial charge in [-0.05, 0) is 6.42 Å². The molecular weight excluding hydrogens is 201 g/mol. The largest absolute Gasteiger partial charge is 0.617 e. The van der Waals surface area contributed by atoms with Crippen molar-refractivity contribution < 1.29 is 25.5 Å². The van der Waals surface area contributed by atoms with Crippen molar-refractivity contribution in [1.82, 2.24) is 0 Å². The smallest absolute Gasteiger partial charge is 0.409 e. The molecule has 0 spiro atoms. The number of halogens is 6. The third kappa shape index (κ3) is 1.23. The van der Waals surface area contributed by atoms with Crippen molar-refractivity contribution in [2.75, 3.05) is 0 Å². The molecular formula is C5H5AlF6. The zero-order valence-corrected chi connectivity index (χ0v) is 6.99. The van der Waals surface area contributed by atoms with Gasteiger partial charge in [-0.3, -0.25) is 0 Å². The SMILES string of the molecule is FC1C[CH2][Al]([F])[C](F)(F)C1(F)F. The zero-order chi connectivity index (χ0) is 9.57. The summed E-state index contributed by atoms with van der Waals surface area (Å²) in [6, 6.07) is 0. The van der Waals surface area contributed by atoms with Crippen LogP contribution in [-0.4, -0.2) is 31.5 Å². The Morgan fingerprint density at radius 3 is 2.08 bits per heavy atom. The predicted molar refractivity (Wildman–Crippen MR) is 31.1 cm³/mol. The van der Waals surface area contributed by atoms with Gasteiger partial charge in [0, 0.05) is 0 Å². The highest BCUT2D eigenvalue weighted by atomic mass is 27.2. The van der Waals surface area contributed by atoms with Gasteiger partial charge in [0.2, 0.25) is 0 Å². The molecule has 1 saturated heterocycles. The topological polar surface area (TPSA) is 0 Å². The van der Waals surface area contributed by atoms with Crippen LogP contribution < -0.4 is 0 Å². The van der Waals surface area contributed by atoms with Gasteiger partial charge in [-0.1, -0.05) is 5.28 Å². The molecule has 1 atom stereocenters. The van der Waals surface area contributed by atoms with E-state index in [1.54, 1.807) is 0 Å². The van der Waals surface area contributed by atoms with Crippen molar-refractivity contribution in [3.8, 4) is 0 Å². The van der Waals surface area contributed by atoms with Crippen molar-refractivity contribution in [1.29, 1.82) is 0 Å². The first-order valence-electron chi connectivity index (χ1n) is 3.34. The van der Waals surface area contributed by atoms with E-state index in [0.717, 1.165) is 0 Å². The summed E-state index contributed by atoms with van der Waals surface area (Å²) in [5.74, 6) is -4.81. The lowest BCUT2D eigenvalue weighted by Crippen LogP contribution is -2.59. The second kappa shape index (κ2) is 2.81. The van der Waals surface area contributed by atoms with Crippen molar-refractivity contribution >= 4 is 14.6 Å². The average Bonchev–Trinajstić information content (AvgIpc) is 1.96. The predicted octanol–water partition coefficient (Wildman–Crippen LogP) is 2.50. The first-order valence-corrected chi connectivity index (χ1v) is 5.17. The van der Waals surface area contributed by atoms with Gasteiger partial charge in [0.25, 0.3) is 4.78 Å². The van der Waals surface area contributed by atoms with Gasteiger partial charge in [0.15, 0.2) is 6.17 Å². The van der Waals surface area contributed by atoms with E-state index in [9.17, 15) is 25.5 Å². The Kier molecular flexibility index (Phi) is 2.39. The van der Waals surface area contributed by atoms with E-state index in [1.807, 2.05) is 0 Å². The fourth-order valence-corrected chi connectivity index (χ4v) is 2.62. The van der Waals surface area contributed by atoms with Crippen LogP contribution >= 0.6 is 0 Å². The molecule has 0 nitrogen and oxygen atoms in total. The van der Waals surface area contributed by atoms with Crippen LogP contribution in [0, 0.1) is 0 Å². The van der Waals surface area contributed by atoms with Crippen molar-refractivity contribution in [3.05, 3.63) is 0 Å². The number of alkyl halides is 5. The molecule has 1 heterocycles. The summed E-state index contributed by atoms with van der Waals surface area (Å²) in [7, 11) is 0. The van der Waals surface area contributed by atoms with Gasteiger partial charge in [-0.15, -0.1) is 0 Å². The van der Waals surface area contributed by atoms with Crippen LogP contribution in [0.1, 0.15) is 6.42 Å². The second-order valence-corrected chi connectivity index (χ2v) is 5.00. The van der Waals surface area contributed by atoms with Crippen LogP contribution in [-0.2, 0) is 0 Å². The maximum atomic E-state index is 12.4. The van der Waals surface area contributed by atoms with Gasteiger partial charge < -0.3 is 3.52 Å². The summed E-state index contributed by atoms with van der Waals surface area (Å²) >= 11 is -4.29. The van der Waals surface area contributed by atoms with Gasteiger partial charge in [0.05, 0.1) is 0 Å². The Balaban J connectivity index is 2.92. The molecule has 0 aromatic carbocycles. The normalized spacial score (nSPS) is 33.5. The van der Waals surface area contributed by atoms with Crippen LogP contribution in [0.2, 0.25) is 5.28 Å². The molecule has 1 unspecified atom stereocenters. The molecule has 0 N–H and O–H groups in total. The number of hydrogen-bond acceptors (Lipinski definition) is 0. The van der Waals surface area contributed by atoms with Crippen molar-refractivity contribution in [3.63, 3.8) is 0 Å². The minimum absolute atomic E-state index is 0.718. The molecule has 7 heteroatoms. The fraction of sp³-hybridized carbons (Fsp3) is 1.00. The van der Waals surface area contributed by atoms with E-state index in [0.29, 0.717) is 0 Å². The lowest BCUT2D eigenvalue weighted by molar-refractivity contribution is -0.208. The van der Waals surface area contributed by atoms with Gasteiger partial charge in [0.1, 0.15) is 0 Å². The molecule has 0 aliphatic carbocycles. The lowest BCUT2D eigenvalue weighted by atomic mass is 10.1. The Morgan fingerprint density at radius 2 is 1.67 bits per heavy atom. The number of hydrogen-bond donors (Lipinski definition) is 0. The summed E-state index contributed by atoms with van der Waals surface area (Å²) in [4.78, 5) is -4.73. The van der Waals surface area contributed by atoms with E-state index in [-0.39, 0.29) is 0 Å². The van der Waals surface area contributed by atoms with Crippen LogP contribution in [0.15, 0.2) is 0 Å². The minimum Gasteiger partial charge on any atom is -0.409 e. The van der Waals surface area contributed by atoms with E-state index in [2.05, 4.69) is 0 Å². The van der Waals surface area contributed by atoms with Crippen molar-refractivity contribution in [2.45, 2.75) is 28.6 Å². The molecule has 0 amide bonds. The summed E-state index contributed by atoms with van der Waals surface area (Å²) in [5.41, 5.74) is 0. The highest BCUT2D eigenvalue weighted by Crippen LogP contribution is 2.46. The first kappa shape index (κ1) is 10.2. The second-order valence-electron chi connectivity index (χ2n) is 2.76. The van der Waals surface area contributed by atoms with Crippen molar-refractivity contribution in [2.24, 2.45) is 0 Å². The average molecular weight is 206 g/mol. The molecule has 0 bridgehead atoms. The minimum atomic E-state index is -4.81. The Morgan fingerprint density at radius 1 is 1.17 bits per heavy atom. The maximum absolute atomic E-state index is 12.4. The standard InChI is InChI=1S/C5H5F5.Al.FH/c1-2-3(6)5(9,10)4(7)8;;/h3H,1-2H2;;1H/q;+1;/p-1. The Labute approximate surface area is 69.4 Å². The monoisotopic (exact) mass is 206 g/mol. The lowest BCUT2D eigenvalue weighted by Gasteiger charge is -2.33. The quantitative estimate of drug-likeness (QED) is 0.422. The highest BCUT2D eigenvalue weighted by molar-refractivity contribution is 6.54. The first-order chi connectivity index (χ1) is 5.30. The molecule has 0 saturated carbocycles. The van der Waals surface area contributed by atoms with Gasteiger partial charge in [-0.2, -0.15) is 8.78 Å². The maximum Gasteiger partial charge on any atom is 0.617 e. The van der Waals surface area contributed by atoms with E-state index < -0.39 is 43.2 Å². The van der Waals surface area contributed by atoms with Crippen LogP contribution in [0.25, 0.3) is 0 Å². The molecule has 0 radical (unpaired) electrons. The third-order valence-corrected chi connectivity index (χ3v) is 3.92. The Hall–Kier alpha value is 0.112. The molecule has 0 aromatic heterocycles. The number of rotatable bonds is 0. The van der Waals surface area contributed by atoms with Crippen LogP contribution in [0.4, 0.5) is 25.5 Å². The summed E-state index contributed by atoms with van der Waals surface area (Å²) in [5, 5.41) is -0.718. The Bertz CT molecular complexity index is 161.